The van der Waals surface area contributed by atoms with Crippen LogP contribution in [0.4, 0.5) is 5.69 Å². The van der Waals surface area contributed by atoms with Gasteiger partial charge in [0.15, 0.2) is 0 Å². The number of amides is 1. The predicted molar refractivity (Wildman–Crippen MR) is 140 cm³/mol. The number of ketones is 1. The van der Waals surface area contributed by atoms with Crippen molar-refractivity contribution in [2.45, 2.75) is 19.4 Å². The number of carbonyl (C=O) groups excluding carboxylic acids is 3. The summed E-state index contributed by atoms with van der Waals surface area (Å²) in [5, 5.41) is 11.7. The van der Waals surface area contributed by atoms with Gasteiger partial charge in [0.05, 0.1) is 49.4 Å². The zero-order valence-electron chi connectivity index (χ0n) is 20.9. The lowest BCUT2D eigenvalue weighted by Gasteiger charge is -2.25. The predicted octanol–water partition coefficient (Wildman–Crippen LogP) is 4.48. The molecule has 0 aliphatic carbocycles. The molecule has 1 amide bonds. The lowest BCUT2D eigenvalue weighted by Crippen LogP contribution is -2.29. The number of esters is 1. The number of methoxy groups -OCH3 is 2. The highest BCUT2D eigenvalue weighted by Crippen LogP contribution is 2.44. The molecule has 0 radical (unpaired) electrons. The molecule has 10 heteroatoms. The van der Waals surface area contributed by atoms with Crippen LogP contribution >= 0.6 is 11.6 Å². The van der Waals surface area contributed by atoms with Gasteiger partial charge in [-0.15, -0.1) is 0 Å². The van der Waals surface area contributed by atoms with Crippen molar-refractivity contribution in [3.05, 3.63) is 88.2 Å². The molecule has 3 aromatic rings. The second kappa shape index (κ2) is 11.4. The largest absolute Gasteiger partial charge is 0.507 e. The summed E-state index contributed by atoms with van der Waals surface area (Å²) in [5.41, 5.74) is 1.63. The van der Waals surface area contributed by atoms with E-state index in [4.69, 9.17) is 25.8 Å². The Hall–Kier alpha value is -4.37. The Morgan fingerprint density at radius 3 is 2.29 bits per heavy atom. The van der Waals surface area contributed by atoms with Crippen LogP contribution in [0.25, 0.3) is 5.76 Å². The second-order valence-corrected chi connectivity index (χ2v) is 8.69. The lowest BCUT2D eigenvalue weighted by molar-refractivity contribution is -0.142. The summed E-state index contributed by atoms with van der Waals surface area (Å²) in [6, 6.07) is 11.9. The van der Waals surface area contributed by atoms with Crippen molar-refractivity contribution in [1.82, 2.24) is 4.98 Å². The van der Waals surface area contributed by atoms with Gasteiger partial charge in [0.2, 0.25) is 0 Å². The van der Waals surface area contributed by atoms with Gasteiger partial charge >= 0.3 is 5.97 Å². The highest BCUT2D eigenvalue weighted by atomic mass is 35.5. The molecule has 0 spiro atoms. The van der Waals surface area contributed by atoms with Crippen molar-refractivity contribution in [2.24, 2.45) is 0 Å². The van der Waals surface area contributed by atoms with E-state index in [1.165, 1.54) is 43.6 Å². The number of nitrogens with zero attached hydrogens (tertiary/aromatic N) is 2. The normalized spacial score (nSPS) is 16.4. The summed E-state index contributed by atoms with van der Waals surface area (Å²) in [6.07, 6.45) is 3.13. The van der Waals surface area contributed by atoms with Gasteiger partial charge in [-0.2, -0.15) is 0 Å². The Labute approximate surface area is 224 Å². The van der Waals surface area contributed by atoms with Crippen LogP contribution in [0.3, 0.4) is 0 Å². The molecule has 0 saturated carbocycles. The quantitative estimate of drug-likeness (QED) is 0.194. The van der Waals surface area contributed by atoms with Crippen molar-refractivity contribution in [2.75, 3.05) is 25.7 Å². The number of carbonyl (C=O) groups is 3. The van der Waals surface area contributed by atoms with Crippen molar-refractivity contribution >= 4 is 40.7 Å². The molecule has 1 fully saturated rings. The third-order valence-corrected chi connectivity index (χ3v) is 6.36. The van der Waals surface area contributed by atoms with E-state index in [1.54, 1.807) is 43.3 Å². The van der Waals surface area contributed by atoms with Crippen LogP contribution in [0.1, 0.15) is 29.7 Å². The van der Waals surface area contributed by atoms with E-state index in [0.29, 0.717) is 16.8 Å². The van der Waals surface area contributed by atoms with Crippen molar-refractivity contribution < 1.29 is 33.7 Å². The molecule has 1 aliphatic heterocycles. The Morgan fingerprint density at radius 1 is 1.03 bits per heavy atom. The summed E-state index contributed by atoms with van der Waals surface area (Å²) < 4.78 is 15.7. The minimum atomic E-state index is -0.972. The van der Waals surface area contributed by atoms with Crippen molar-refractivity contribution in [3.8, 4) is 11.5 Å². The number of aliphatic hydroxyl groups is 1. The average Bonchev–Trinajstić information content (AvgIpc) is 3.19. The van der Waals surface area contributed by atoms with E-state index < -0.39 is 23.5 Å². The Balaban J connectivity index is 1.86. The molecule has 38 heavy (non-hydrogen) atoms. The maximum atomic E-state index is 13.4. The van der Waals surface area contributed by atoms with Gasteiger partial charge in [-0.05, 0) is 48.4 Å². The molecule has 9 nitrogen and oxygen atoms in total. The highest BCUT2D eigenvalue weighted by molar-refractivity contribution is 6.51. The zero-order valence-corrected chi connectivity index (χ0v) is 21.7. The summed E-state index contributed by atoms with van der Waals surface area (Å²) in [5.74, 6) is -2.08. The van der Waals surface area contributed by atoms with E-state index in [1.807, 2.05) is 0 Å². The number of aliphatic hydroxyl groups excluding tert-OH is 1. The van der Waals surface area contributed by atoms with Gasteiger partial charge in [-0.1, -0.05) is 23.7 Å². The number of pyridine rings is 1. The fraction of sp³-hybridized carbons (Fsp3) is 0.214. The van der Waals surface area contributed by atoms with Crippen LogP contribution < -0.4 is 14.4 Å². The van der Waals surface area contributed by atoms with E-state index >= 15 is 0 Å². The van der Waals surface area contributed by atoms with Gasteiger partial charge in [-0.3, -0.25) is 24.3 Å². The number of anilines is 1. The summed E-state index contributed by atoms with van der Waals surface area (Å²) in [6.45, 7) is 2.00. The smallest absolute Gasteiger partial charge is 0.310 e. The molecule has 1 aliphatic rings. The number of Topliss-reactive ketones (excluding diaryl/α,β-unsaturated/α-hetero) is 1. The molecule has 1 aromatic heterocycles. The van der Waals surface area contributed by atoms with Crippen LogP contribution in [0.2, 0.25) is 5.02 Å². The van der Waals surface area contributed by atoms with E-state index in [9.17, 15) is 19.5 Å². The molecule has 4 rings (SSSR count). The molecular weight excluding hydrogens is 512 g/mol. The number of hydrogen-bond donors (Lipinski definition) is 1. The lowest BCUT2D eigenvalue weighted by atomic mass is 9.95. The van der Waals surface area contributed by atoms with Crippen LogP contribution in [0.15, 0.2) is 66.5 Å². The first kappa shape index (κ1) is 26.7. The van der Waals surface area contributed by atoms with Crippen molar-refractivity contribution in [3.63, 3.8) is 0 Å². The van der Waals surface area contributed by atoms with Crippen LogP contribution in [0, 0.1) is 0 Å². The number of halogens is 1. The second-order valence-electron chi connectivity index (χ2n) is 8.28. The molecular formula is C28H25ClN2O7. The molecule has 0 bridgehead atoms. The first-order valence-electron chi connectivity index (χ1n) is 11.7. The van der Waals surface area contributed by atoms with Crippen molar-refractivity contribution in [1.29, 1.82) is 0 Å². The summed E-state index contributed by atoms with van der Waals surface area (Å²) >= 11 is 6.22. The number of aromatic nitrogens is 1. The van der Waals surface area contributed by atoms with Gasteiger partial charge in [0, 0.05) is 24.1 Å². The fourth-order valence-electron chi connectivity index (χ4n) is 4.30. The van der Waals surface area contributed by atoms with E-state index in [-0.39, 0.29) is 46.7 Å². The standard InChI is InChI=1S/C28H25ClN2O7/c1-4-38-23(32)13-16-5-7-18(8-6-16)31-25(17-9-11-30-12-10-17)24(27(34)28(31)35)26(33)19-14-22(37-3)20(29)15-21(19)36-2/h5-12,14-15,25,33H,4,13H2,1-3H3/b26-24+. The molecule has 2 heterocycles. The third kappa shape index (κ3) is 5.05. The third-order valence-electron chi connectivity index (χ3n) is 6.06. The molecule has 1 atom stereocenters. The Bertz CT molecular complexity index is 1400. The molecule has 1 N–H and O–H groups in total. The first-order valence-corrected chi connectivity index (χ1v) is 12.1. The van der Waals surface area contributed by atoms with Crippen LogP contribution in [-0.4, -0.2) is 48.6 Å². The molecule has 196 valence electrons. The number of benzene rings is 2. The number of ether oxygens (including phenoxy) is 3. The van der Waals surface area contributed by atoms with Gasteiger partial charge in [0.25, 0.3) is 11.7 Å². The maximum absolute atomic E-state index is 13.4. The number of hydrogen-bond acceptors (Lipinski definition) is 8. The molecule has 1 saturated heterocycles. The van der Waals surface area contributed by atoms with Gasteiger partial charge < -0.3 is 19.3 Å². The minimum Gasteiger partial charge on any atom is -0.507 e. The topological polar surface area (TPSA) is 115 Å². The average molecular weight is 537 g/mol. The zero-order chi connectivity index (χ0) is 27.4. The summed E-state index contributed by atoms with van der Waals surface area (Å²) in [7, 11) is 2.81. The van der Waals surface area contributed by atoms with Gasteiger partial charge in [0.1, 0.15) is 17.3 Å². The van der Waals surface area contributed by atoms with Crippen LogP contribution in [0.5, 0.6) is 11.5 Å². The summed E-state index contributed by atoms with van der Waals surface area (Å²) in [4.78, 5) is 44.0. The Kier molecular flexibility index (Phi) is 7.97. The van der Waals surface area contributed by atoms with E-state index in [0.717, 1.165) is 0 Å². The monoisotopic (exact) mass is 536 g/mol. The molecule has 2 aromatic carbocycles. The number of rotatable bonds is 8. The van der Waals surface area contributed by atoms with Gasteiger partial charge in [-0.25, -0.2) is 0 Å². The fourth-order valence-corrected chi connectivity index (χ4v) is 4.53. The minimum absolute atomic E-state index is 0.0684. The SMILES string of the molecule is CCOC(=O)Cc1ccc(N2C(=O)C(=O)/C(=C(/O)c3cc(OC)c(Cl)cc3OC)C2c2ccncc2)cc1. The Morgan fingerprint density at radius 2 is 1.68 bits per heavy atom. The van der Waals surface area contributed by atoms with Crippen LogP contribution in [-0.2, 0) is 25.5 Å². The molecule has 1 unspecified atom stereocenters. The highest BCUT2D eigenvalue weighted by Gasteiger charge is 2.47. The first-order chi connectivity index (χ1) is 18.3. The maximum Gasteiger partial charge on any atom is 0.310 e. The van der Waals surface area contributed by atoms with E-state index in [2.05, 4.69) is 4.98 Å².